The second-order valence-corrected chi connectivity index (χ2v) is 7.56. The number of ketones is 1. The molecular weight excluding hydrogens is 276 g/mol. The number of aryl methyl sites for hydroxylation is 1. The Labute approximate surface area is 133 Å². The van der Waals surface area contributed by atoms with Crippen molar-refractivity contribution in [2.45, 2.75) is 81.8 Å². The minimum atomic E-state index is 0.178. The summed E-state index contributed by atoms with van der Waals surface area (Å²) in [5.74, 6) is 0.178. The van der Waals surface area contributed by atoms with Gasteiger partial charge in [0.15, 0.2) is 5.78 Å². The Hall–Kier alpha value is -0.760. The summed E-state index contributed by atoms with van der Waals surface area (Å²) in [7, 11) is 0. The predicted octanol–water partition coefficient (Wildman–Crippen LogP) is 6.05. The van der Waals surface area contributed by atoms with Crippen LogP contribution in [0.25, 0.3) is 0 Å². The summed E-state index contributed by atoms with van der Waals surface area (Å²) in [4.78, 5) is 12.8. The van der Waals surface area contributed by atoms with E-state index in [0.29, 0.717) is 0 Å². The third kappa shape index (κ3) is 5.18. The molecule has 1 aromatic carbocycles. The lowest BCUT2D eigenvalue weighted by Gasteiger charge is -2.24. The van der Waals surface area contributed by atoms with Crippen LogP contribution < -0.4 is 0 Å². The molecule has 2 rings (SSSR count). The average Bonchev–Trinajstić information content (AvgIpc) is 2.50. The second-order valence-electron chi connectivity index (χ2n) is 6.21. The largest absolute Gasteiger partial charge is 0.295 e. The quantitative estimate of drug-likeness (QED) is 0.430. The van der Waals surface area contributed by atoms with Gasteiger partial charge in [-0.05, 0) is 43.9 Å². The molecule has 1 aliphatic heterocycles. The molecule has 0 aromatic heterocycles. The smallest absolute Gasteiger partial charge is 0.159 e. The number of carbonyl (C=O) groups is 1. The lowest BCUT2D eigenvalue weighted by atomic mass is 10.0. The van der Waals surface area contributed by atoms with E-state index in [0.717, 1.165) is 17.2 Å². The maximum absolute atomic E-state index is 11.4. The van der Waals surface area contributed by atoms with Crippen molar-refractivity contribution in [1.29, 1.82) is 0 Å². The van der Waals surface area contributed by atoms with Gasteiger partial charge in [0, 0.05) is 15.7 Å². The number of thioether (sulfide) groups is 1. The van der Waals surface area contributed by atoms with Crippen LogP contribution >= 0.6 is 11.8 Å². The first-order chi connectivity index (χ1) is 10.2. The molecule has 0 saturated carbocycles. The zero-order valence-electron chi connectivity index (χ0n) is 13.5. The molecule has 1 aromatic rings. The first-order valence-electron chi connectivity index (χ1n) is 8.51. The fraction of sp³-hybridized carbons (Fsp3) is 0.632. The SMILES string of the molecule is CCCCCCCCC1CCc2cc(C(C)=O)ccc2S1. The summed E-state index contributed by atoms with van der Waals surface area (Å²) in [5.41, 5.74) is 2.25. The highest BCUT2D eigenvalue weighted by atomic mass is 32.2. The highest BCUT2D eigenvalue weighted by molar-refractivity contribution is 8.00. The Bertz CT molecular complexity index is 467. The van der Waals surface area contributed by atoms with E-state index >= 15 is 0 Å². The Morgan fingerprint density at radius 1 is 1.19 bits per heavy atom. The number of benzene rings is 1. The van der Waals surface area contributed by atoms with Gasteiger partial charge in [0.1, 0.15) is 0 Å². The summed E-state index contributed by atoms with van der Waals surface area (Å²) >= 11 is 2.03. The van der Waals surface area contributed by atoms with E-state index in [2.05, 4.69) is 19.1 Å². The standard InChI is InChI=1S/C19H28OS/c1-3-4-5-6-7-8-9-18-12-10-17-14-16(15(2)20)11-13-19(17)21-18/h11,13-14,18H,3-10,12H2,1-2H3. The van der Waals surface area contributed by atoms with Gasteiger partial charge in [0.25, 0.3) is 0 Å². The third-order valence-electron chi connectivity index (χ3n) is 4.38. The van der Waals surface area contributed by atoms with E-state index in [1.807, 2.05) is 17.8 Å². The number of rotatable bonds is 8. The van der Waals surface area contributed by atoms with E-state index in [1.54, 1.807) is 6.92 Å². The third-order valence-corrected chi connectivity index (χ3v) is 5.83. The van der Waals surface area contributed by atoms with Gasteiger partial charge < -0.3 is 0 Å². The van der Waals surface area contributed by atoms with Crippen molar-refractivity contribution in [3.8, 4) is 0 Å². The Balaban J connectivity index is 1.76. The summed E-state index contributed by atoms with van der Waals surface area (Å²) in [6, 6.07) is 6.25. The molecule has 1 unspecified atom stereocenters. The molecule has 0 saturated heterocycles. The van der Waals surface area contributed by atoms with Crippen molar-refractivity contribution < 1.29 is 4.79 Å². The second kappa shape index (κ2) is 8.63. The molecule has 1 aliphatic rings. The fourth-order valence-corrected chi connectivity index (χ4v) is 4.36. The molecule has 0 amide bonds. The Morgan fingerprint density at radius 3 is 2.71 bits per heavy atom. The van der Waals surface area contributed by atoms with Crippen molar-refractivity contribution in [3.05, 3.63) is 29.3 Å². The van der Waals surface area contributed by atoms with Gasteiger partial charge in [0.05, 0.1) is 0 Å². The number of hydrogen-bond donors (Lipinski definition) is 0. The summed E-state index contributed by atoms with van der Waals surface area (Å²) in [6.07, 6.45) is 12.1. The van der Waals surface area contributed by atoms with Crippen molar-refractivity contribution in [3.63, 3.8) is 0 Å². The fourth-order valence-electron chi connectivity index (χ4n) is 3.02. The highest BCUT2D eigenvalue weighted by Gasteiger charge is 2.19. The molecule has 1 nitrogen and oxygen atoms in total. The Kier molecular flexibility index (Phi) is 6.82. The van der Waals surface area contributed by atoms with Gasteiger partial charge in [-0.25, -0.2) is 0 Å². The molecule has 0 radical (unpaired) electrons. The zero-order valence-corrected chi connectivity index (χ0v) is 14.3. The molecule has 116 valence electrons. The van der Waals surface area contributed by atoms with E-state index < -0.39 is 0 Å². The van der Waals surface area contributed by atoms with Crippen LogP contribution in [0.2, 0.25) is 0 Å². The minimum Gasteiger partial charge on any atom is -0.295 e. The average molecular weight is 304 g/mol. The lowest BCUT2D eigenvalue weighted by molar-refractivity contribution is 0.101. The first-order valence-corrected chi connectivity index (χ1v) is 9.39. The zero-order chi connectivity index (χ0) is 15.1. The number of hydrogen-bond acceptors (Lipinski definition) is 2. The molecule has 1 heterocycles. The van der Waals surface area contributed by atoms with Crippen LogP contribution in [0.1, 0.15) is 81.1 Å². The Morgan fingerprint density at radius 2 is 1.95 bits per heavy atom. The summed E-state index contributed by atoms with van der Waals surface area (Å²) < 4.78 is 0. The topological polar surface area (TPSA) is 17.1 Å². The van der Waals surface area contributed by atoms with Gasteiger partial charge in [0.2, 0.25) is 0 Å². The summed E-state index contributed by atoms with van der Waals surface area (Å²) in [6.45, 7) is 3.92. The minimum absolute atomic E-state index is 0.178. The van der Waals surface area contributed by atoms with Crippen LogP contribution in [-0.4, -0.2) is 11.0 Å². The molecule has 0 aliphatic carbocycles. The van der Waals surface area contributed by atoms with E-state index in [1.165, 1.54) is 61.8 Å². The molecule has 0 fully saturated rings. The molecule has 0 N–H and O–H groups in total. The van der Waals surface area contributed by atoms with Gasteiger partial charge in [-0.2, -0.15) is 0 Å². The normalized spacial score (nSPS) is 17.5. The van der Waals surface area contributed by atoms with E-state index in [-0.39, 0.29) is 5.78 Å². The molecular formula is C19H28OS. The van der Waals surface area contributed by atoms with Crippen molar-refractivity contribution in [1.82, 2.24) is 0 Å². The van der Waals surface area contributed by atoms with Crippen molar-refractivity contribution in [2.24, 2.45) is 0 Å². The molecule has 1 atom stereocenters. The number of fused-ring (bicyclic) bond motifs is 1. The number of carbonyl (C=O) groups excluding carboxylic acids is 1. The monoisotopic (exact) mass is 304 g/mol. The van der Waals surface area contributed by atoms with Crippen LogP contribution in [0.15, 0.2) is 23.1 Å². The van der Waals surface area contributed by atoms with Crippen LogP contribution in [0.3, 0.4) is 0 Å². The lowest BCUT2D eigenvalue weighted by Crippen LogP contribution is -2.11. The highest BCUT2D eigenvalue weighted by Crippen LogP contribution is 2.38. The number of Topliss-reactive ketones (excluding diaryl/α,β-unsaturated/α-hetero) is 1. The maximum Gasteiger partial charge on any atom is 0.159 e. The van der Waals surface area contributed by atoms with E-state index in [4.69, 9.17) is 0 Å². The maximum atomic E-state index is 11.4. The van der Waals surface area contributed by atoms with Gasteiger partial charge in [-0.1, -0.05) is 51.5 Å². The van der Waals surface area contributed by atoms with Crippen LogP contribution in [-0.2, 0) is 6.42 Å². The molecule has 0 spiro atoms. The molecule has 2 heteroatoms. The predicted molar refractivity (Wildman–Crippen MR) is 92.4 cm³/mol. The molecule has 21 heavy (non-hydrogen) atoms. The van der Waals surface area contributed by atoms with E-state index in [9.17, 15) is 4.79 Å². The van der Waals surface area contributed by atoms with Gasteiger partial charge >= 0.3 is 0 Å². The summed E-state index contributed by atoms with van der Waals surface area (Å²) in [5, 5.41) is 0.784. The molecule has 0 bridgehead atoms. The van der Waals surface area contributed by atoms with Crippen LogP contribution in [0, 0.1) is 0 Å². The van der Waals surface area contributed by atoms with Crippen molar-refractivity contribution >= 4 is 17.5 Å². The first kappa shape index (κ1) is 16.6. The van der Waals surface area contributed by atoms with Crippen molar-refractivity contribution in [2.75, 3.05) is 0 Å². The van der Waals surface area contributed by atoms with Gasteiger partial charge in [-0.15, -0.1) is 11.8 Å². The van der Waals surface area contributed by atoms with Crippen LogP contribution in [0.4, 0.5) is 0 Å². The van der Waals surface area contributed by atoms with Gasteiger partial charge in [-0.3, -0.25) is 4.79 Å². The number of unbranched alkanes of at least 4 members (excludes halogenated alkanes) is 5. The van der Waals surface area contributed by atoms with Crippen LogP contribution in [0.5, 0.6) is 0 Å².